The standard InChI is InChI=1S/C18H15Si3/c19-21(18-14-8-3-9-15-18)20(16-10-4-1-5-11-16)17-12-6-2-7-13-17/h1-15H. The van der Waals surface area contributed by atoms with Crippen molar-refractivity contribution in [3.63, 3.8) is 0 Å². The molecule has 3 heteroatoms. The molecule has 0 fully saturated rings. The molecule has 0 amide bonds. The van der Waals surface area contributed by atoms with Crippen LogP contribution in [0, 0.1) is 0 Å². The second-order valence-electron chi connectivity index (χ2n) is 4.85. The molecule has 0 aliphatic rings. The van der Waals surface area contributed by atoms with E-state index in [9.17, 15) is 0 Å². The van der Waals surface area contributed by atoms with Gasteiger partial charge in [0.25, 0.3) is 0 Å². The molecule has 0 spiro atoms. The number of hydrogen-bond acceptors (Lipinski definition) is 0. The summed E-state index contributed by atoms with van der Waals surface area (Å²) in [6.45, 7) is 0. The van der Waals surface area contributed by atoms with Gasteiger partial charge in [-0.05, 0) is 0 Å². The summed E-state index contributed by atoms with van der Waals surface area (Å²) in [5.74, 6) is 0. The SMILES string of the molecule is [Si][Si](c1ccccc1)[Si](c1ccccc1)c1ccccc1. The Hall–Kier alpha value is -1.69. The minimum atomic E-state index is -0.814. The first-order valence-corrected chi connectivity index (χ1v) is 12.5. The minimum absolute atomic E-state index is 0.803. The van der Waals surface area contributed by atoms with Gasteiger partial charge in [-0.2, -0.15) is 0 Å². The highest BCUT2D eigenvalue weighted by atomic mass is 29.6. The fourth-order valence-electron chi connectivity index (χ4n) is 2.41. The Bertz CT molecular complexity index is 629. The summed E-state index contributed by atoms with van der Waals surface area (Å²) in [6, 6.07) is 32.7. The van der Waals surface area contributed by atoms with Crippen LogP contribution in [0.3, 0.4) is 0 Å². The normalized spacial score (nSPS) is 11.0. The van der Waals surface area contributed by atoms with Gasteiger partial charge in [0.05, 0.1) is 7.83 Å². The Morgan fingerprint density at radius 2 is 0.810 bits per heavy atom. The van der Waals surface area contributed by atoms with Crippen LogP contribution in [-0.4, -0.2) is 25.9 Å². The summed E-state index contributed by atoms with van der Waals surface area (Å²) < 4.78 is 0. The molecule has 0 saturated carbocycles. The molecule has 0 nitrogen and oxygen atoms in total. The Morgan fingerprint density at radius 1 is 0.476 bits per heavy atom. The number of rotatable bonds is 4. The fraction of sp³-hybridized carbons (Fsp3) is 0. The van der Waals surface area contributed by atoms with Crippen molar-refractivity contribution >= 4 is 41.5 Å². The molecule has 0 aliphatic carbocycles. The Balaban J connectivity index is 2.05. The van der Waals surface area contributed by atoms with E-state index >= 15 is 0 Å². The maximum atomic E-state index is 4.13. The molecule has 5 radical (unpaired) electrons. The van der Waals surface area contributed by atoms with Crippen molar-refractivity contribution in [3.05, 3.63) is 91.0 Å². The molecule has 0 heterocycles. The highest BCUT2D eigenvalue weighted by Gasteiger charge is 2.26. The van der Waals surface area contributed by atoms with Gasteiger partial charge in [-0.3, -0.25) is 0 Å². The number of benzene rings is 3. The summed E-state index contributed by atoms with van der Waals surface area (Å²) in [5.41, 5.74) is 0. The molecule has 0 bridgehead atoms. The van der Waals surface area contributed by atoms with Gasteiger partial charge in [-0.25, -0.2) is 0 Å². The lowest BCUT2D eigenvalue weighted by atomic mass is 10.4. The van der Waals surface area contributed by atoms with E-state index in [1.807, 2.05) is 0 Å². The predicted octanol–water partition coefficient (Wildman–Crippen LogP) is 1.44. The van der Waals surface area contributed by atoms with Crippen molar-refractivity contribution in [2.24, 2.45) is 0 Å². The summed E-state index contributed by atoms with van der Waals surface area (Å²) in [4.78, 5) is 0. The van der Waals surface area contributed by atoms with Crippen molar-refractivity contribution in [3.8, 4) is 0 Å². The van der Waals surface area contributed by atoms with Crippen LogP contribution in [0.15, 0.2) is 91.0 Å². The smallest absolute Gasteiger partial charge is 0.0674 e. The van der Waals surface area contributed by atoms with Gasteiger partial charge in [-0.15, -0.1) is 0 Å². The van der Waals surface area contributed by atoms with Crippen LogP contribution in [0.1, 0.15) is 0 Å². The molecule has 3 rings (SSSR count). The first-order chi connectivity index (χ1) is 10.4. The fourth-order valence-corrected chi connectivity index (χ4v) is 12.4. The monoisotopic (exact) mass is 315 g/mol. The molecular formula is C18H15Si3. The van der Waals surface area contributed by atoms with Gasteiger partial charge < -0.3 is 0 Å². The lowest BCUT2D eigenvalue weighted by Gasteiger charge is -2.22. The lowest BCUT2D eigenvalue weighted by Crippen LogP contribution is -2.60. The first-order valence-electron chi connectivity index (χ1n) is 6.98. The third kappa shape index (κ3) is 3.32. The molecule has 0 N–H and O–H groups in total. The minimum Gasteiger partial charge on any atom is -0.0674 e. The van der Waals surface area contributed by atoms with Gasteiger partial charge in [0, 0.05) is 9.76 Å². The van der Waals surface area contributed by atoms with Crippen molar-refractivity contribution in [2.75, 3.05) is 0 Å². The number of hydrogen-bond donors (Lipinski definition) is 0. The van der Waals surface area contributed by atoms with Gasteiger partial charge in [-0.1, -0.05) is 107 Å². The van der Waals surface area contributed by atoms with Gasteiger partial charge in [0.15, 0.2) is 0 Å². The highest BCUT2D eigenvalue weighted by Crippen LogP contribution is 1.97. The van der Waals surface area contributed by atoms with E-state index in [0.29, 0.717) is 0 Å². The van der Waals surface area contributed by atoms with E-state index in [1.165, 1.54) is 15.6 Å². The van der Waals surface area contributed by atoms with Gasteiger partial charge in [0.2, 0.25) is 0 Å². The highest BCUT2D eigenvalue weighted by molar-refractivity contribution is 7.52. The van der Waals surface area contributed by atoms with Crippen LogP contribution in [0.25, 0.3) is 0 Å². The van der Waals surface area contributed by atoms with Crippen molar-refractivity contribution in [1.29, 1.82) is 0 Å². The van der Waals surface area contributed by atoms with Crippen molar-refractivity contribution < 1.29 is 0 Å². The summed E-state index contributed by atoms with van der Waals surface area (Å²) in [6.07, 6.45) is 0. The third-order valence-electron chi connectivity index (χ3n) is 3.44. The Kier molecular flexibility index (Phi) is 4.65. The molecule has 0 atom stereocenters. The van der Waals surface area contributed by atoms with Crippen LogP contribution in [0.4, 0.5) is 0 Å². The summed E-state index contributed by atoms with van der Waals surface area (Å²) in [5, 5.41) is 4.39. The van der Waals surface area contributed by atoms with E-state index in [-0.39, 0.29) is 0 Å². The van der Waals surface area contributed by atoms with Crippen molar-refractivity contribution in [2.45, 2.75) is 0 Å². The van der Waals surface area contributed by atoms with Crippen molar-refractivity contribution in [1.82, 2.24) is 0 Å². The molecule has 0 unspecified atom stereocenters. The van der Waals surface area contributed by atoms with E-state index in [4.69, 9.17) is 0 Å². The van der Waals surface area contributed by atoms with E-state index in [2.05, 4.69) is 101 Å². The third-order valence-corrected chi connectivity index (χ3v) is 13.9. The summed E-state index contributed by atoms with van der Waals surface area (Å²) in [7, 11) is 2.52. The van der Waals surface area contributed by atoms with Crippen LogP contribution >= 0.6 is 0 Å². The van der Waals surface area contributed by atoms with Crippen LogP contribution < -0.4 is 15.6 Å². The molecule has 0 aromatic heterocycles. The molecule has 3 aromatic rings. The first kappa shape index (κ1) is 14.3. The zero-order chi connectivity index (χ0) is 14.5. The molecule has 99 valence electrons. The van der Waals surface area contributed by atoms with E-state index in [1.54, 1.807) is 0 Å². The predicted molar refractivity (Wildman–Crippen MR) is 95.5 cm³/mol. The topological polar surface area (TPSA) is 0 Å². The molecule has 21 heavy (non-hydrogen) atoms. The Labute approximate surface area is 132 Å². The quantitative estimate of drug-likeness (QED) is 0.639. The van der Waals surface area contributed by atoms with E-state index < -0.39 is 16.1 Å². The average molecular weight is 316 g/mol. The van der Waals surface area contributed by atoms with E-state index in [0.717, 1.165) is 0 Å². The molecule has 0 saturated heterocycles. The van der Waals surface area contributed by atoms with Crippen LogP contribution in [0.2, 0.25) is 0 Å². The Morgan fingerprint density at radius 3 is 1.19 bits per heavy atom. The molecular weight excluding hydrogens is 300 g/mol. The average Bonchev–Trinajstić information content (AvgIpc) is 2.58. The zero-order valence-corrected chi connectivity index (χ0v) is 14.7. The van der Waals surface area contributed by atoms with Crippen LogP contribution in [-0.2, 0) is 0 Å². The zero-order valence-electron chi connectivity index (χ0n) is 11.7. The largest absolute Gasteiger partial charge is 0.112 e. The van der Waals surface area contributed by atoms with Crippen LogP contribution in [0.5, 0.6) is 0 Å². The molecule has 3 aromatic carbocycles. The molecule has 0 aliphatic heterocycles. The maximum Gasteiger partial charge on any atom is 0.112 e. The maximum absolute atomic E-state index is 4.13. The second kappa shape index (κ2) is 6.85. The summed E-state index contributed by atoms with van der Waals surface area (Å²) >= 11 is 0. The second-order valence-corrected chi connectivity index (χ2v) is 14.1. The van der Waals surface area contributed by atoms with Gasteiger partial charge >= 0.3 is 0 Å². The lowest BCUT2D eigenvalue weighted by molar-refractivity contribution is 1.74. The van der Waals surface area contributed by atoms with Gasteiger partial charge in [0.1, 0.15) is 8.31 Å².